The normalized spacial score (nSPS) is 10.3. The van der Waals surface area contributed by atoms with E-state index in [9.17, 15) is 0 Å². The van der Waals surface area contributed by atoms with Crippen LogP contribution < -0.4 is 0 Å². The Balaban J connectivity index is 2.63. The van der Waals surface area contributed by atoms with Crippen molar-refractivity contribution >= 4 is 34.8 Å². The summed E-state index contributed by atoms with van der Waals surface area (Å²) < 4.78 is 0. The minimum absolute atomic E-state index is 0.0588. The van der Waals surface area contributed by atoms with Crippen molar-refractivity contribution in [1.82, 2.24) is 15.2 Å². The largest absolute Gasteiger partial charge is 0.243 e. The number of nitrogens with zero attached hydrogens (tertiary/aromatic N) is 3. The first-order valence-electron chi connectivity index (χ1n) is 3.98. The van der Waals surface area contributed by atoms with Crippen LogP contribution in [0.1, 0.15) is 0 Å². The number of rotatable bonds is 1. The van der Waals surface area contributed by atoms with Gasteiger partial charge in [0.15, 0.2) is 0 Å². The monoisotopic (exact) mass is 259 g/mol. The van der Waals surface area contributed by atoms with E-state index < -0.39 is 0 Å². The summed E-state index contributed by atoms with van der Waals surface area (Å²) in [6.45, 7) is 0. The lowest BCUT2D eigenvalue weighted by molar-refractivity contribution is 0.975. The van der Waals surface area contributed by atoms with Crippen molar-refractivity contribution in [2.24, 2.45) is 0 Å². The fourth-order valence-corrected chi connectivity index (χ4v) is 1.87. The molecule has 0 aliphatic heterocycles. The van der Waals surface area contributed by atoms with Crippen LogP contribution in [0.25, 0.3) is 11.3 Å². The molecule has 6 heteroatoms. The summed E-state index contributed by atoms with van der Waals surface area (Å²) in [6, 6.07) is 5.20. The third-order valence-electron chi connectivity index (χ3n) is 1.75. The molecule has 0 fully saturated rings. The first-order chi connectivity index (χ1) is 7.18. The molecule has 0 bridgehead atoms. The van der Waals surface area contributed by atoms with E-state index in [4.69, 9.17) is 34.8 Å². The van der Waals surface area contributed by atoms with Crippen molar-refractivity contribution < 1.29 is 0 Å². The van der Waals surface area contributed by atoms with Crippen molar-refractivity contribution in [2.75, 3.05) is 0 Å². The van der Waals surface area contributed by atoms with Gasteiger partial charge in [0.1, 0.15) is 0 Å². The highest BCUT2D eigenvalue weighted by Crippen LogP contribution is 2.32. The molecular formula is C9H4Cl3N3. The van der Waals surface area contributed by atoms with Gasteiger partial charge in [0.25, 0.3) is 0 Å². The summed E-state index contributed by atoms with van der Waals surface area (Å²) in [5.74, 6) is 0. The predicted molar refractivity (Wildman–Crippen MR) is 60.3 cm³/mol. The van der Waals surface area contributed by atoms with Crippen LogP contribution in [-0.4, -0.2) is 15.2 Å². The van der Waals surface area contributed by atoms with Crippen LogP contribution in [-0.2, 0) is 0 Å². The maximum Gasteiger partial charge on any atom is 0.243 e. The SMILES string of the molecule is Clc1nncc(-c2c(Cl)cccc2Cl)n1. The standard InChI is InChI=1S/C9H4Cl3N3/c10-5-2-1-3-6(11)8(5)7-4-13-15-9(12)14-7/h1-4H. The van der Waals surface area contributed by atoms with Gasteiger partial charge in [-0.2, -0.15) is 5.10 Å². The second-order valence-corrected chi connectivity index (χ2v) is 3.86. The van der Waals surface area contributed by atoms with E-state index in [-0.39, 0.29) is 5.28 Å². The number of halogens is 3. The summed E-state index contributed by atoms with van der Waals surface area (Å²) in [5.41, 5.74) is 1.11. The molecule has 0 aliphatic carbocycles. The van der Waals surface area contributed by atoms with Crippen LogP contribution >= 0.6 is 34.8 Å². The number of hydrogen-bond acceptors (Lipinski definition) is 3. The summed E-state index contributed by atoms with van der Waals surface area (Å²) in [4.78, 5) is 3.99. The minimum atomic E-state index is 0.0588. The van der Waals surface area contributed by atoms with E-state index in [1.54, 1.807) is 18.2 Å². The van der Waals surface area contributed by atoms with Crippen LogP contribution in [0.5, 0.6) is 0 Å². The molecule has 0 atom stereocenters. The van der Waals surface area contributed by atoms with Crippen molar-refractivity contribution in [3.05, 3.63) is 39.7 Å². The van der Waals surface area contributed by atoms with Crippen molar-refractivity contribution in [3.8, 4) is 11.3 Å². The molecule has 0 spiro atoms. The first-order valence-corrected chi connectivity index (χ1v) is 5.11. The van der Waals surface area contributed by atoms with Crippen LogP contribution in [0.15, 0.2) is 24.4 Å². The molecule has 0 aliphatic rings. The van der Waals surface area contributed by atoms with E-state index in [0.29, 0.717) is 21.3 Å². The fraction of sp³-hybridized carbons (Fsp3) is 0. The number of hydrogen-bond donors (Lipinski definition) is 0. The lowest BCUT2D eigenvalue weighted by atomic mass is 10.1. The molecule has 2 aromatic rings. The van der Waals surface area contributed by atoms with Crippen molar-refractivity contribution in [3.63, 3.8) is 0 Å². The molecule has 1 aromatic carbocycles. The van der Waals surface area contributed by atoms with E-state index in [2.05, 4.69) is 15.2 Å². The molecule has 0 amide bonds. The van der Waals surface area contributed by atoms with E-state index in [1.165, 1.54) is 6.20 Å². The van der Waals surface area contributed by atoms with Gasteiger partial charge >= 0.3 is 0 Å². The van der Waals surface area contributed by atoms with Crippen LogP contribution in [0.2, 0.25) is 15.3 Å². The van der Waals surface area contributed by atoms with Gasteiger partial charge in [0, 0.05) is 5.56 Å². The molecule has 1 aromatic heterocycles. The van der Waals surface area contributed by atoms with Gasteiger partial charge in [0.05, 0.1) is 21.9 Å². The second kappa shape index (κ2) is 4.31. The molecule has 0 saturated heterocycles. The maximum atomic E-state index is 6.00. The molecule has 15 heavy (non-hydrogen) atoms. The lowest BCUT2D eigenvalue weighted by Crippen LogP contribution is -1.91. The molecule has 0 radical (unpaired) electrons. The highest BCUT2D eigenvalue weighted by Gasteiger charge is 2.10. The van der Waals surface area contributed by atoms with Crippen molar-refractivity contribution in [1.29, 1.82) is 0 Å². The molecular weight excluding hydrogens is 256 g/mol. The lowest BCUT2D eigenvalue weighted by Gasteiger charge is -2.04. The Hall–Kier alpha value is -0.900. The highest BCUT2D eigenvalue weighted by atomic mass is 35.5. The fourth-order valence-electron chi connectivity index (χ4n) is 1.14. The van der Waals surface area contributed by atoms with Crippen molar-refractivity contribution in [2.45, 2.75) is 0 Å². The zero-order valence-electron chi connectivity index (χ0n) is 7.28. The Morgan fingerprint density at radius 2 is 1.67 bits per heavy atom. The smallest absolute Gasteiger partial charge is 0.215 e. The van der Waals surface area contributed by atoms with E-state index in [0.717, 1.165) is 0 Å². The number of aromatic nitrogens is 3. The van der Waals surface area contributed by atoms with Gasteiger partial charge in [-0.1, -0.05) is 29.3 Å². The Morgan fingerprint density at radius 1 is 1.00 bits per heavy atom. The van der Waals surface area contributed by atoms with Gasteiger partial charge in [-0.15, -0.1) is 5.10 Å². The minimum Gasteiger partial charge on any atom is -0.215 e. The molecule has 0 unspecified atom stereocenters. The Morgan fingerprint density at radius 3 is 2.27 bits per heavy atom. The average molecular weight is 261 g/mol. The number of benzene rings is 1. The third kappa shape index (κ3) is 2.20. The van der Waals surface area contributed by atoms with E-state index >= 15 is 0 Å². The summed E-state index contributed by atoms with van der Waals surface area (Å²) >= 11 is 17.6. The quantitative estimate of drug-likeness (QED) is 0.788. The second-order valence-electron chi connectivity index (χ2n) is 2.71. The summed E-state index contributed by atoms with van der Waals surface area (Å²) in [6.07, 6.45) is 1.46. The van der Waals surface area contributed by atoms with Crippen LogP contribution in [0, 0.1) is 0 Å². The highest BCUT2D eigenvalue weighted by molar-refractivity contribution is 6.39. The van der Waals surface area contributed by atoms with Crippen LogP contribution in [0.3, 0.4) is 0 Å². The van der Waals surface area contributed by atoms with Gasteiger partial charge in [-0.3, -0.25) is 0 Å². The van der Waals surface area contributed by atoms with Gasteiger partial charge in [0.2, 0.25) is 5.28 Å². The molecule has 0 N–H and O–H groups in total. The Labute approximate surface area is 101 Å². The van der Waals surface area contributed by atoms with Gasteiger partial charge in [-0.25, -0.2) is 4.98 Å². The molecule has 3 nitrogen and oxygen atoms in total. The zero-order valence-corrected chi connectivity index (χ0v) is 9.55. The molecule has 0 saturated carbocycles. The van der Waals surface area contributed by atoms with E-state index in [1.807, 2.05) is 0 Å². The molecule has 76 valence electrons. The molecule has 2 rings (SSSR count). The van der Waals surface area contributed by atoms with Crippen LogP contribution in [0.4, 0.5) is 0 Å². The topological polar surface area (TPSA) is 38.7 Å². The maximum absolute atomic E-state index is 6.00. The van der Waals surface area contributed by atoms with Gasteiger partial charge in [-0.05, 0) is 23.7 Å². The Kier molecular flexibility index (Phi) is 3.05. The predicted octanol–water partition coefficient (Wildman–Crippen LogP) is 3.50. The summed E-state index contributed by atoms with van der Waals surface area (Å²) in [5, 5.41) is 8.28. The average Bonchev–Trinajstić information content (AvgIpc) is 2.17. The Bertz CT molecular complexity index is 481. The third-order valence-corrected chi connectivity index (χ3v) is 2.54. The van der Waals surface area contributed by atoms with Gasteiger partial charge < -0.3 is 0 Å². The molecule has 1 heterocycles. The zero-order chi connectivity index (χ0) is 10.8. The first kappa shape index (κ1) is 10.6. The summed E-state index contributed by atoms with van der Waals surface area (Å²) in [7, 11) is 0.